The highest BCUT2D eigenvalue weighted by Crippen LogP contribution is 2.16. The van der Waals surface area contributed by atoms with Crippen LogP contribution in [0, 0.1) is 5.92 Å². The molecule has 1 amide bonds. The smallest absolute Gasteiger partial charge is 0.238 e. The average molecular weight is 310 g/mol. The fourth-order valence-electron chi connectivity index (χ4n) is 2.70. The van der Waals surface area contributed by atoms with E-state index in [1.807, 2.05) is 12.1 Å². The molecule has 1 aliphatic heterocycles. The Morgan fingerprint density at radius 3 is 2.86 bits per heavy atom. The van der Waals surface area contributed by atoms with Gasteiger partial charge >= 0.3 is 0 Å². The highest BCUT2D eigenvalue weighted by atomic mass is 35.5. The van der Waals surface area contributed by atoms with Crippen LogP contribution in [-0.4, -0.2) is 43.5 Å². The van der Waals surface area contributed by atoms with Gasteiger partial charge in [-0.1, -0.05) is 24.6 Å². The van der Waals surface area contributed by atoms with Gasteiger partial charge in [-0.25, -0.2) is 0 Å². The van der Waals surface area contributed by atoms with E-state index < -0.39 is 0 Å². The molecule has 1 heterocycles. The van der Waals surface area contributed by atoms with Crippen LogP contribution in [-0.2, 0) is 4.79 Å². The van der Waals surface area contributed by atoms with Crippen LogP contribution in [0.3, 0.4) is 0 Å². The molecule has 0 bridgehead atoms. The number of likely N-dealkylation sites (N-methyl/N-ethyl adjacent to an activating group) is 1. The lowest BCUT2D eigenvalue weighted by atomic mass is 9.97. The molecule has 1 aromatic rings. The Kier molecular flexibility index (Phi) is 6.49. The molecule has 1 saturated heterocycles. The minimum Gasteiger partial charge on any atom is -0.325 e. The van der Waals surface area contributed by atoms with E-state index in [4.69, 9.17) is 11.6 Å². The van der Waals surface area contributed by atoms with E-state index in [-0.39, 0.29) is 5.91 Å². The van der Waals surface area contributed by atoms with Gasteiger partial charge in [-0.05, 0) is 56.6 Å². The number of hydrogen-bond acceptors (Lipinski definition) is 3. The molecule has 0 spiro atoms. The van der Waals surface area contributed by atoms with Gasteiger partial charge in [-0.3, -0.25) is 9.69 Å². The molecule has 1 aliphatic rings. The molecule has 0 aromatic heterocycles. The SMILES string of the molecule is CCN(CC(=O)Nc1cccc(Cl)c1)CC1CCNCC1. The van der Waals surface area contributed by atoms with Crippen LogP contribution in [0.2, 0.25) is 5.02 Å². The number of benzene rings is 1. The molecule has 1 aromatic carbocycles. The van der Waals surface area contributed by atoms with E-state index in [1.54, 1.807) is 12.1 Å². The first kappa shape index (κ1) is 16.3. The van der Waals surface area contributed by atoms with E-state index in [1.165, 1.54) is 12.8 Å². The van der Waals surface area contributed by atoms with Gasteiger partial charge in [0.2, 0.25) is 5.91 Å². The Labute approximate surface area is 131 Å². The summed E-state index contributed by atoms with van der Waals surface area (Å²) in [5.74, 6) is 0.721. The third-order valence-corrected chi connectivity index (χ3v) is 4.13. The number of rotatable bonds is 6. The summed E-state index contributed by atoms with van der Waals surface area (Å²) in [6.45, 7) is 6.63. The number of hydrogen-bond donors (Lipinski definition) is 2. The van der Waals surface area contributed by atoms with Crippen molar-refractivity contribution in [3.05, 3.63) is 29.3 Å². The fraction of sp³-hybridized carbons (Fsp3) is 0.562. The van der Waals surface area contributed by atoms with Crippen molar-refractivity contribution in [1.82, 2.24) is 10.2 Å². The van der Waals surface area contributed by atoms with Crippen molar-refractivity contribution in [2.75, 3.05) is 38.0 Å². The minimum atomic E-state index is 0.0213. The van der Waals surface area contributed by atoms with Crippen molar-refractivity contribution >= 4 is 23.2 Å². The number of piperidine rings is 1. The number of halogens is 1. The lowest BCUT2D eigenvalue weighted by molar-refractivity contribution is -0.117. The summed E-state index contributed by atoms with van der Waals surface area (Å²) >= 11 is 5.92. The lowest BCUT2D eigenvalue weighted by Crippen LogP contribution is -2.39. The third kappa shape index (κ3) is 5.65. The maximum atomic E-state index is 12.1. The molecule has 1 fully saturated rings. The maximum Gasteiger partial charge on any atom is 0.238 e. The van der Waals surface area contributed by atoms with Crippen LogP contribution >= 0.6 is 11.6 Å². The first-order chi connectivity index (χ1) is 10.2. The van der Waals surface area contributed by atoms with Gasteiger partial charge in [0.1, 0.15) is 0 Å². The number of carbonyl (C=O) groups excluding carboxylic acids is 1. The predicted octanol–water partition coefficient (Wildman–Crippen LogP) is 2.60. The summed E-state index contributed by atoms with van der Waals surface area (Å²) in [6, 6.07) is 7.26. The molecular weight excluding hydrogens is 286 g/mol. The highest BCUT2D eigenvalue weighted by Gasteiger charge is 2.17. The minimum absolute atomic E-state index is 0.0213. The van der Waals surface area contributed by atoms with Crippen molar-refractivity contribution in [3.8, 4) is 0 Å². The molecule has 0 unspecified atom stereocenters. The maximum absolute atomic E-state index is 12.1. The zero-order valence-corrected chi connectivity index (χ0v) is 13.3. The number of carbonyl (C=O) groups is 1. The number of nitrogens with zero attached hydrogens (tertiary/aromatic N) is 1. The van der Waals surface area contributed by atoms with Gasteiger partial charge in [0.05, 0.1) is 6.54 Å². The second-order valence-corrected chi connectivity index (χ2v) is 6.02. The van der Waals surface area contributed by atoms with Crippen LogP contribution in [0.1, 0.15) is 19.8 Å². The largest absolute Gasteiger partial charge is 0.325 e. The molecule has 0 atom stereocenters. The Balaban J connectivity index is 1.81. The van der Waals surface area contributed by atoms with Gasteiger partial charge in [0, 0.05) is 17.3 Å². The molecule has 21 heavy (non-hydrogen) atoms. The molecule has 116 valence electrons. The Bertz CT molecular complexity index is 461. The third-order valence-electron chi connectivity index (χ3n) is 3.90. The monoisotopic (exact) mass is 309 g/mol. The summed E-state index contributed by atoms with van der Waals surface area (Å²) in [7, 11) is 0. The number of anilines is 1. The van der Waals surface area contributed by atoms with Gasteiger partial charge in [0.15, 0.2) is 0 Å². The van der Waals surface area contributed by atoms with Crippen LogP contribution in [0.15, 0.2) is 24.3 Å². The van der Waals surface area contributed by atoms with E-state index in [9.17, 15) is 4.79 Å². The summed E-state index contributed by atoms with van der Waals surface area (Å²) in [4.78, 5) is 14.3. The van der Waals surface area contributed by atoms with Crippen LogP contribution in [0.25, 0.3) is 0 Å². The van der Waals surface area contributed by atoms with Gasteiger partial charge in [0.25, 0.3) is 0 Å². The Morgan fingerprint density at radius 2 is 2.19 bits per heavy atom. The zero-order valence-electron chi connectivity index (χ0n) is 12.6. The quantitative estimate of drug-likeness (QED) is 0.849. The molecule has 2 N–H and O–H groups in total. The van der Waals surface area contributed by atoms with Crippen molar-refractivity contribution in [2.24, 2.45) is 5.92 Å². The summed E-state index contributed by atoms with van der Waals surface area (Å²) < 4.78 is 0. The number of nitrogens with one attached hydrogen (secondary N) is 2. The van der Waals surface area contributed by atoms with E-state index in [2.05, 4.69) is 22.5 Å². The van der Waals surface area contributed by atoms with Crippen molar-refractivity contribution in [2.45, 2.75) is 19.8 Å². The van der Waals surface area contributed by atoms with Gasteiger partial charge in [-0.15, -0.1) is 0 Å². The van der Waals surface area contributed by atoms with Gasteiger partial charge in [-0.2, -0.15) is 0 Å². The normalized spacial score (nSPS) is 16.1. The summed E-state index contributed by atoms with van der Waals surface area (Å²) in [5, 5.41) is 6.92. The van der Waals surface area contributed by atoms with E-state index in [0.29, 0.717) is 17.5 Å². The summed E-state index contributed by atoms with van der Waals surface area (Å²) in [5.41, 5.74) is 0.755. The van der Waals surface area contributed by atoms with Crippen LogP contribution in [0.4, 0.5) is 5.69 Å². The van der Waals surface area contributed by atoms with E-state index in [0.717, 1.165) is 31.9 Å². The van der Waals surface area contributed by atoms with Crippen molar-refractivity contribution < 1.29 is 4.79 Å². The van der Waals surface area contributed by atoms with E-state index >= 15 is 0 Å². The summed E-state index contributed by atoms with van der Waals surface area (Å²) in [6.07, 6.45) is 2.40. The number of amides is 1. The molecule has 4 nitrogen and oxygen atoms in total. The first-order valence-corrected chi connectivity index (χ1v) is 8.03. The topological polar surface area (TPSA) is 44.4 Å². The molecule has 5 heteroatoms. The molecule has 0 aliphatic carbocycles. The average Bonchev–Trinajstić information content (AvgIpc) is 2.47. The molecule has 0 saturated carbocycles. The van der Waals surface area contributed by atoms with Crippen molar-refractivity contribution in [1.29, 1.82) is 0 Å². The second kappa shape index (κ2) is 8.37. The first-order valence-electron chi connectivity index (χ1n) is 7.66. The fourth-order valence-corrected chi connectivity index (χ4v) is 2.90. The second-order valence-electron chi connectivity index (χ2n) is 5.58. The van der Waals surface area contributed by atoms with Crippen LogP contribution in [0.5, 0.6) is 0 Å². The molecule has 2 rings (SSSR count). The zero-order chi connectivity index (χ0) is 15.1. The standard InChI is InChI=1S/C16H24ClN3O/c1-2-20(11-13-6-8-18-9-7-13)12-16(21)19-15-5-3-4-14(17)10-15/h3-5,10,13,18H,2,6-9,11-12H2,1H3,(H,19,21). The molecule has 0 radical (unpaired) electrons. The van der Waals surface area contributed by atoms with Crippen LogP contribution < -0.4 is 10.6 Å². The lowest BCUT2D eigenvalue weighted by Gasteiger charge is -2.28. The van der Waals surface area contributed by atoms with Gasteiger partial charge < -0.3 is 10.6 Å². The Hall–Kier alpha value is -1.10. The Morgan fingerprint density at radius 1 is 1.43 bits per heavy atom. The molecular formula is C16H24ClN3O. The van der Waals surface area contributed by atoms with Crippen molar-refractivity contribution in [3.63, 3.8) is 0 Å². The predicted molar refractivity (Wildman–Crippen MR) is 87.8 cm³/mol. The highest BCUT2D eigenvalue weighted by molar-refractivity contribution is 6.30.